The Morgan fingerprint density at radius 1 is 1.04 bits per heavy atom. The molecular formula is C23H27F3O. The van der Waals surface area contributed by atoms with E-state index in [1.807, 2.05) is 18.2 Å². The summed E-state index contributed by atoms with van der Waals surface area (Å²) in [6.45, 7) is 8.58. The van der Waals surface area contributed by atoms with Crippen LogP contribution < -0.4 is 4.74 Å². The van der Waals surface area contributed by atoms with Gasteiger partial charge >= 0.3 is 6.36 Å². The van der Waals surface area contributed by atoms with Crippen LogP contribution in [0.1, 0.15) is 44.4 Å². The van der Waals surface area contributed by atoms with Crippen LogP contribution in [0.15, 0.2) is 36.4 Å². The summed E-state index contributed by atoms with van der Waals surface area (Å²) in [6, 6.07) is 11.2. The molecule has 3 rings (SSSR count). The molecule has 1 unspecified atom stereocenters. The van der Waals surface area contributed by atoms with E-state index in [2.05, 4.69) is 38.5 Å². The molecule has 0 aromatic heterocycles. The Morgan fingerprint density at radius 2 is 1.78 bits per heavy atom. The van der Waals surface area contributed by atoms with E-state index < -0.39 is 6.36 Å². The van der Waals surface area contributed by atoms with Gasteiger partial charge in [0.2, 0.25) is 0 Å². The van der Waals surface area contributed by atoms with Crippen molar-refractivity contribution in [3.63, 3.8) is 0 Å². The molecule has 0 N–H and O–H groups in total. The van der Waals surface area contributed by atoms with E-state index in [9.17, 15) is 13.2 Å². The summed E-state index contributed by atoms with van der Waals surface area (Å²) in [4.78, 5) is 0. The molecule has 0 saturated carbocycles. The fourth-order valence-electron chi connectivity index (χ4n) is 4.02. The third kappa shape index (κ3) is 4.85. The molecule has 0 saturated heterocycles. The molecule has 2 aromatic carbocycles. The van der Waals surface area contributed by atoms with Gasteiger partial charge in [-0.15, -0.1) is 13.2 Å². The molecule has 1 nitrogen and oxygen atoms in total. The van der Waals surface area contributed by atoms with Gasteiger partial charge in [0.05, 0.1) is 0 Å². The van der Waals surface area contributed by atoms with E-state index in [0.717, 1.165) is 29.5 Å². The summed E-state index contributed by atoms with van der Waals surface area (Å²) in [5.74, 6) is 1.39. The predicted octanol–water partition coefficient (Wildman–Crippen LogP) is 6.82. The van der Waals surface area contributed by atoms with Gasteiger partial charge in [-0.2, -0.15) is 0 Å². The highest BCUT2D eigenvalue weighted by atomic mass is 19.4. The zero-order valence-corrected chi connectivity index (χ0v) is 16.4. The van der Waals surface area contributed by atoms with Crippen LogP contribution in [0.25, 0.3) is 11.1 Å². The number of halogens is 3. The maximum Gasteiger partial charge on any atom is 0.573 e. The molecule has 0 fully saturated rings. The zero-order chi connectivity index (χ0) is 19.8. The maximum atomic E-state index is 12.8. The van der Waals surface area contributed by atoms with Crippen molar-refractivity contribution >= 4 is 0 Å². The number of benzene rings is 2. The van der Waals surface area contributed by atoms with Gasteiger partial charge in [0.1, 0.15) is 5.75 Å². The Labute approximate surface area is 159 Å². The molecule has 4 heteroatoms. The van der Waals surface area contributed by atoms with Crippen molar-refractivity contribution in [2.45, 2.75) is 53.3 Å². The minimum Gasteiger partial charge on any atom is -0.406 e. The number of alkyl halides is 3. The number of ether oxygens (including phenoxy) is 1. The lowest BCUT2D eigenvalue weighted by Crippen LogP contribution is -2.17. The number of fused-ring (bicyclic) bond motifs is 1. The topological polar surface area (TPSA) is 9.23 Å². The van der Waals surface area contributed by atoms with Gasteiger partial charge in [0.15, 0.2) is 0 Å². The van der Waals surface area contributed by atoms with Crippen LogP contribution in [-0.2, 0) is 19.3 Å². The summed E-state index contributed by atoms with van der Waals surface area (Å²) in [5.41, 5.74) is 5.31. The first-order valence-corrected chi connectivity index (χ1v) is 9.63. The van der Waals surface area contributed by atoms with E-state index in [1.165, 1.54) is 23.3 Å². The zero-order valence-electron chi connectivity index (χ0n) is 16.4. The number of hydrogen-bond donors (Lipinski definition) is 0. The lowest BCUT2D eigenvalue weighted by Gasteiger charge is -2.16. The molecule has 27 heavy (non-hydrogen) atoms. The Hall–Kier alpha value is -1.97. The van der Waals surface area contributed by atoms with Crippen molar-refractivity contribution in [3.05, 3.63) is 53.1 Å². The van der Waals surface area contributed by atoms with E-state index >= 15 is 0 Å². The first kappa shape index (κ1) is 19.8. The van der Waals surface area contributed by atoms with Gasteiger partial charge in [-0.1, -0.05) is 52.0 Å². The normalized spacial score (nSPS) is 16.9. The largest absolute Gasteiger partial charge is 0.573 e. The van der Waals surface area contributed by atoms with Gasteiger partial charge in [0.25, 0.3) is 0 Å². The monoisotopic (exact) mass is 376 g/mol. The van der Waals surface area contributed by atoms with Crippen LogP contribution >= 0.6 is 0 Å². The molecule has 2 aromatic rings. The van der Waals surface area contributed by atoms with Gasteiger partial charge in [-0.3, -0.25) is 0 Å². The highest BCUT2D eigenvalue weighted by Gasteiger charge is 2.32. The Kier molecular flexibility index (Phi) is 5.55. The average molecular weight is 376 g/mol. The van der Waals surface area contributed by atoms with Crippen LogP contribution in [0, 0.1) is 17.8 Å². The average Bonchev–Trinajstić information content (AvgIpc) is 2.96. The summed E-state index contributed by atoms with van der Waals surface area (Å²) in [7, 11) is 0. The molecule has 1 aliphatic carbocycles. The number of rotatable bonds is 5. The minimum atomic E-state index is -4.69. The Bertz CT molecular complexity index is 806. The van der Waals surface area contributed by atoms with E-state index in [4.69, 9.17) is 0 Å². The summed E-state index contributed by atoms with van der Waals surface area (Å²) < 4.78 is 42.7. The second-order valence-electron chi connectivity index (χ2n) is 8.37. The second-order valence-corrected chi connectivity index (χ2v) is 8.37. The lowest BCUT2D eigenvalue weighted by molar-refractivity contribution is -0.274. The van der Waals surface area contributed by atoms with Gasteiger partial charge in [0, 0.05) is 0 Å². The van der Waals surface area contributed by atoms with Crippen molar-refractivity contribution in [2.75, 3.05) is 0 Å². The molecule has 1 aliphatic rings. The summed E-state index contributed by atoms with van der Waals surface area (Å²) in [5, 5.41) is 0. The molecular weight excluding hydrogens is 349 g/mol. The van der Waals surface area contributed by atoms with Crippen LogP contribution in [0.4, 0.5) is 13.2 Å². The maximum absolute atomic E-state index is 12.8. The highest BCUT2D eigenvalue weighted by Crippen LogP contribution is 2.39. The third-order valence-electron chi connectivity index (χ3n) is 5.32. The smallest absolute Gasteiger partial charge is 0.406 e. The third-order valence-corrected chi connectivity index (χ3v) is 5.32. The molecule has 1 atom stereocenters. The molecule has 0 amide bonds. The van der Waals surface area contributed by atoms with Crippen molar-refractivity contribution in [1.82, 2.24) is 0 Å². The molecule has 0 heterocycles. The van der Waals surface area contributed by atoms with E-state index in [1.54, 1.807) is 0 Å². The first-order valence-electron chi connectivity index (χ1n) is 9.63. The van der Waals surface area contributed by atoms with Crippen molar-refractivity contribution in [3.8, 4) is 16.9 Å². The van der Waals surface area contributed by atoms with Crippen LogP contribution in [0.3, 0.4) is 0 Å². The minimum absolute atomic E-state index is 0.133. The summed E-state index contributed by atoms with van der Waals surface area (Å²) >= 11 is 0. The van der Waals surface area contributed by atoms with E-state index in [0.29, 0.717) is 24.2 Å². The van der Waals surface area contributed by atoms with Crippen LogP contribution in [-0.4, -0.2) is 6.36 Å². The standard InChI is InChI=1S/C23H27F3O/c1-14(2)8-16-9-19(12-20(10-16)27-23(24,25)26)21-7-5-6-17-11-18(15(3)4)13-22(17)21/h5-7,9-10,12,14-15,18H,8,11,13H2,1-4H3. The van der Waals surface area contributed by atoms with Crippen molar-refractivity contribution in [2.24, 2.45) is 17.8 Å². The molecule has 146 valence electrons. The first-order chi connectivity index (χ1) is 12.6. The molecule has 0 spiro atoms. The molecule has 0 bridgehead atoms. The van der Waals surface area contributed by atoms with Gasteiger partial charge in [-0.05, 0) is 77.0 Å². The molecule has 0 aliphatic heterocycles. The SMILES string of the molecule is CC(C)Cc1cc(OC(F)(F)F)cc(-c2cccc3c2CC(C(C)C)C3)c1. The highest BCUT2D eigenvalue weighted by molar-refractivity contribution is 5.71. The van der Waals surface area contributed by atoms with Gasteiger partial charge in [-0.25, -0.2) is 0 Å². The molecule has 0 radical (unpaired) electrons. The Morgan fingerprint density at radius 3 is 2.41 bits per heavy atom. The lowest BCUT2D eigenvalue weighted by atomic mass is 9.91. The van der Waals surface area contributed by atoms with Crippen LogP contribution in [0.2, 0.25) is 0 Å². The second kappa shape index (κ2) is 7.57. The van der Waals surface area contributed by atoms with Crippen molar-refractivity contribution in [1.29, 1.82) is 0 Å². The predicted molar refractivity (Wildman–Crippen MR) is 103 cm³/mol. The fraction of sp³-hybridized carbons (Fsp3) is 0.478. The fourth-order valence-corrected chi connectivity index (χ4v) is 4.02. The van der Waals surface area contributed by atoms with E-state index in [-0.39, 0.29) is 5.75 Å². The quantitative estimate of drug-likeness (QED) is 0.556. The van der Waals surface area contributed by atoms with Gasteiger partial charge < -0.3 is 4.74 Å². The number of hydrogen-bond acceptors (Lipinski definition) is 1. The Balaban J connectivity index is 2.04. The summed E-state index contributed by atoms with van der Waals surface area (Å²) in [6.07, 6.45) is -1.95. The van der Waals surface area contributed by atoms with Crippen molar-refractivity contribution < 1.29 is 17.9 Å². The van der Waals surface area contributed by atoms with Crippen LogP contribution in [0.5, 0.6) is 5.75 Å².